The molecular weight excluding hydrogens is 380 g/mol. The molecule has 0 aliphatic carbocycles. The third-order valence-corrected chi connectivity index (χ3v) is 6.40. The Morgan fingerprint density at radius 3 is 1.87 bits per heavy atom. The van der Waals surface area contributed by atoms with Crippen molar-refractivity contribution in [2.45, 2.75) is 117 Å². The van der Waals surface area contributed by atoms with Crippen LogP contribution in [-0.4, -0.2) is 19.8 Å². The number of ether oxygens (including phenoxy) is 1. The number of hydrogen-bond acceptors (Lipinski definition) is 1. The van der Waals surface area contributed by atoms with Gasteiger partial charge < -0.3 is 4.74 Å². The van der Waals surface area contributed by atoms with E-state index in [0.717, 1.165) is 38.5 Å². The summed E-state index contributed by atoms with van der Waals surface area (Å²) in [5, 5.41) is 0. The molecule has 0 bridgehead atoms. The average molecular weight is 427 g/mol. The molecule has 0 aromatic heterocycles. The van der Waals surface area contributed by atoms with Gasteiger partial charge in [-0.3, -0.25) is 0 Å². The number of hydrogen-bond donors (Lipinski definition) is 0. The van der Waals surface area contributed by atoms with E-state index in [1.54, 1.807) is 0 Å². The van der Waals surface area contributed by atoms with Gasteiger partial charge in [-0.1, -0.05) is 66.6 Å². The fourth-order valence-corrected chi connectivity index (χ4v) is 3.84. The molecule has 0 amide bonds. The lowest BCUT2D eigenvalue weighted by molar-refractivity contribution is 0.320. The molecule has 1 fully saturated rings. The summed E-state index contributed by atoms with van der Waals surface area (Å²) < 4.78 is 5.67. The zero-order valence-corrected chi connectivity index (χ0v) is 22.0. The summed E-state index contributed by atoms with van der Waals surface area (Å²) in [4.78, 5) is 0. The van der Waals surface area contributed by atoms with Gasteiger partial charge in [0.25, 0.3) is 0 Å². The predicted octanol–water partition coefficient (Wildman–Crippen LogP) is 8.56. The minimum atomic E-state index is -1.23. The van der Waals surface area contributed by atoms with Crippen LogP contribution in [0.5, 0.6) is 0 Å². The van der Waals surface area contributed by atoms with Crippen molar-refractivity contribution in [2.24, 2.45) is 0 Å². The van der Waals surface area contributed by atoms with E-state index in [-0.39, 0.29) is 5.60 Å². The molecule has 0 radical (unpaired) electrons. The summed E-state index contributed by atoms with van der Waals surface area (Å²) in [5.74, 6) is 3.20. The van der Waals surface area contributed by atoms with Crippen molar-refractivity contribution in [2.75, 3.05) is 0 Å². The summed E-state index contributed by atoms with van der Waals surface area (Å²) in [6.45, 7) is 18.0. The van der Waals surface area contributed by atoms with Crippen LogP contribution in [-0.2, 0) is 4.74 Å². The van der Waals surface area contributed by atoms with Gasteiger partial charge in [0.15, 0.2) is 0 Å². The van der Waals surface area contributed by atoms with E-state index in [1.807, 2.05) is 6.08 Å². The molecule has 0 aromatic rings. The number of allylic oxidation sites excluding steroid dienone is 8. The molecule has 168 valence electrons. The maximum Gasteiger partial charge on any atom is 0.129 e. The summed E-state index contributed by atoms with van der Waals surface area (Å²) >= 11 is 0. The standard InChI is InChI=1S/C28H46OSi/c1-24(16-11-9-10-14-23-30(6,7)8)17-12-13-18-25(2)19-15-20-26(3)21-22-27-28(4,5)29-27/h9-10,17-18,20,27H,11-13,15-16,19,21-22H2,1-8H3/b10-9-,24-17+,25-18+,26-20+. The Kier molecular flexibility index (Phi) is 11.7. The molecule has 30 heavy (non-hydrogen) atoms. The molecule has 1 nitrogen and oxygen atoms in total. The molecule has 0 aromatic carbocycles. The predicted molar refractivity (Wildman–Crippen MR) is 137 cm³/mol. The Labute approximate surface area is 188 Å². The SMILES string of the molecule is C/C(=C\CC/C=C(\C)CC/C=C(\C)CCC1OC1(C)C)CC/C=C\C#C[Si](C)(C)C. The second-order valence-corrected chi connectivity index (χ2v) is 15.2. The van der Waals surface area contributed by atoms with Gasteiger partial charge in [-0.15, -0.1) is 5.54 Å². The molecule has 1 rings (SSSR count). The van der Waals surface area contributed by atoms with Gasteiger partial charge in [0.1, 0.15) is 8.07 Å². The summed E-state index contributed by atoms with van der Waals surface area (Å²) in [7, 11) is -1.23. The first-order valence-corrected chi connectivity index (χ1v) is 15.3. The highest BCUT2D eigenvalue weighted by molar-refractivity contribution is 6.83. The van der Waals surface area contributed by atoms with E-state index >= 15 is 0 Å². The lowest BCUT2D eigenvalue weighted by Crippen LogP contribution is -2.16. The van der Waals surface area contributed by atoms with Crippen LogP contribution in [0.15, 0.2) is 47.1 Å². The molecule has 1 aliphatic heterocycles. The normalized spacial score (nSPS) is 19.7. The van der Waals surface area contributed by atoms with Gasteiger partial charge >= 0.3 is 0 Å². The minimum absolute atomic E-state index is 0.130. The van der Waals surface area contributed by atoms with E-state index in [0.29, 0.717) is 6.10 Å². The maximum absolute atomic E-state index is 5.67. The smallest absolute Gasteiger partial charge is 0.129 e. The Balaban J connectivity index is 2.15. The van der Waals surface area contributed by atoms with Crippen molar-refractivity contribution in [1.29, 1.82) is 0 Å². The highest BCUT2D eigenvalue weighted by atomic mass is 28.3. The summed E-state index contributed by atoms with van der Waals surface area (Å²) in [6.07, 6.45) is 21.1. The zero-order chi connectivity index (χ0) is 22.6. The van der Waals surface area contributed by atoms with E-state index < -0.39 is 8.07 Å². The molecule has 0 spiro atoms. The fraction of sp³-hybridized carbons (Fsp3) is 0.643. The fourth-order valence-electron chi connectivity index (χ4n) is 3.32. The molecule has 0 saturated carbocycles. The van der Waals surface area contributed by atoms with Crippen molar-refractivity contribution in [1.82, 2.24) is 0 Å². The quantitative estimate of drug-likeness (QED) is 0.100. The average Bonchev–Trinajstić information content (AvgIpc) is 3.25. The van der Waals surface area contributed by atoms with Crippen molar-refractivity contribution < 1.29 is 4.74 Å². The minimum Gasteiger partial charge on any atom is -0.367 e. The van der Waals surface area contributed by atoms with Crippen LogP contribution in [0.4, 0.5) is 0 Å². The summed E-state index contributed by atoms with van der Waals surface area (Å²) in [5.41, 5.74) is 8.01. The second kappa shape index (κ2) is 13.2. The van der Waals surface area contributed by atoms with Crippen LogP contribution in [0, 0.1) is 11.5 Å². The lowest BCUT2D eigenvalue weighted by atomic mass is 10.0. The van der Waals surface area contributed by atoms with Gasteiger partial charge in [-0.2, -0.15) is 0 Å². The van der Waals surface area contributed by atoms with Crippen molar-refractivity contribution in [3.8, 4) is 11.5 Å². The Bertz CT molecular complexity index is 701. The first kappa shape index (κ1) is 26.7. The van der Waals surface area contributed by atoms with E-state index in [4.69, 9.17) is 4.74 Å². The molecular formula is C28H46OSi. The van der Waals surface area contributed by atoms with E-state index in [9.17, 15) is 0 Å². The molecule has 1 unspecified atom stereocenters. The van der Waals surface area contributed by atoms with Gasteiger partial charge in [0.2, 0.25) is 0 Å². The monoisotopic (exact) mass is 426 g/mol. The number of unbranched alkanes of at least 4 members (excludes halogenated alkanes) is 1. The van der Waals surface area contributed by atoms with E-state index in [2.05, 4.69) is 90.0 Å². The zero-order valence-electron chi connectivity index (χ0n) is 21.0. The van der Waals surface area contributed by atoms with Crippen LogP contribution in [0.2, 0.25) is 19.6 Å². The molecule has 1 heterocycles. The first-order chi connectivity index (χ1) is 14.0. The topological polar surface area (TPSA) is 12.5 Å². The van der Waals surface area contributed by atoms with Gasteiger partial charge in [-0.25, -0.2) is 0 Å². The molecule has 1 aliphatic rings. The maximum atomic E-state index is 5.67. The third-order valence-electron chi connectivity index (χ3n) is 5.50. The highest BCUT2D eigenvalue weighted by Gasteiger charge is 2.46. The van der Waals surface area contributed by atoms with Crippen molar-refractivity contribution in [3.63, 3.8) is 0 Å². The second-order valence-electron chi connectivity index (χ2n) is 10.5. The van der Waals surface area contributed by atoms with Crippen LogP contribution >= 0.6 is 0 Å². The van der Waals surface area contributed by atoms with Crippen LogP contribution in [0.3, 0.4) is 0 Å². The third kappa shape index (κ3) is 13.8. The first-order valence-electron chi connectivity index (χ1n) is 11.8. The number of epoxide rings is 1. The van der Waals surface area contributed by atoms with E-state index in [1.165, 1.54) is 29.6 Å². The largest absolute Gasteiger partial charge is 0.367 e. The van der Waals surface area contributed by atoms with Crippen LogP contribution < -0.4 is 0 Å². The Hall–Kier alpha value is -1.30. The van der Waals surface area contributed by atoms with Gasteiger partial charge in [0.05, 0.1) is 11.7 Å². The molecule has 2 heteroatoms. The number of rotatable bonds is 12. The van der Waals surface area contributed by atoms with Crippen molar-refractivity contribution in [3.05, 3.63) is 47.1 Å². The molecule has 1 atom stereocenters. The van der Waals surface area contributed by atoms with Crippen molar-refractivity contribution >= 4 is 8.07 Å². The van der Waals surface area contributed by atoms with Crippen LogP contribution in [0.1, 0.15) is 86.0 Å². The van der Waals surface area contributed by atoms with Crippen LogP contribution in [0.25, 0.3) is 0 Å². The Morgan fingerprint density at radius 1 is 0.833 bits per heavy atom. The molecule has 0 N–H and O–H groups in total. The highest BCUT2D eigenvalue weighted by Crippen LogP contribution is 2.38. The summed E-state index contributed by atoms with van der Waals surface area (Å²) in [6, 6.07) is 0. The van der Waals surface area contributed by atoms with Gasteiger partial charge in [0, 0.05) is 0 Å². The Morgan fingerprint density at radius 2 is 1.33 bits per heavy atom. The molecule has 1 saturated heterocycles. The van der Waals surface area contributed by atoms with Gasteiger partial charge in [-0.05, 0) is 92.1 Å². The lowest BCUT2D eigenvalue weighted by Gasteiger charge is -2.02.